The number of carbonyl (C=O) groups is 4. The molecule has 0 aromatic heterocycles. The van der Waals surface area contributed by atoms with Crippen LogP contribution in [0.25, 0.3) is 0 Å². The third-order valence-corrected chi connectivity index (χ3v) is 8.24. The highest BCUT2D eigenvalue weighted by Crippen LogP contribution is 2.29. The highest BCUT2D eigenvalue weighted by molar-refractivity contribution is 6.39. The molecule has 0 saturated carbocycles. The van der Waals surface area contributed by atoms with Gasteiger partial charge >= 0.3 is 0 Å². The zero-order valence-corrected chi connectivity index (χ0v) is 27.2. The third kappa shape index (κ3) is 10.3. The molecule has 4 rings (SSSR count). The number of amides is 3. The Morgan fingerprint density at radius 2 is 1.51 bits per heavy atom. The average molecular weight is 628 g/mol. The minimum atomic E-state index is -0.980. The number of carbonyl (C=O) groups excluding carboxylic acids is 4. The fourth-order valence-electron chi connectivity index (χ4n) is 5.60. The number of oxime groups is 1. The topological polar surface area (TPSA) is 151 Å². The molecular weight excluding hydrogens is 578 g/mol. The number of rotatable bonds is 16. The van der Waals surface area contributed by atoms with E-state index in [1.165, 1.54) is 0 Å². The second kappa shape index (κ2) is 15.8. The maximum Gasteiger partial charge on any atom is 0.269 e. The van der Waals surface area contributed by atoms with Gasteiger partial charge in [0.25, 0.3) is 5.91 Å². The van der Waals surface area contributed by atoms with Crippen molar-refractivity contribution in [1.82, 2.24) is 20.9 Å². The highest BCUT2D eigenvalue weighted by atomic mass is 16.6. The molecule has 1 aromatic carbocycles. The van der Waals surface area contributed by atoms with E-state index >= 15 is 0 Å². The van der Waals surface area contributed by atoms with E-state index in [0.717, 1.165) is 18.7 Å². The van der Waals surface area contributed by atoms with Crippen molar-refractivity contribution in [2.24, 2.45) is 17.0 Å². The summed E-state index contributed by atoms with van der Waals surface area (Å²) in [6, 6.07) is 6.71. The molecule has 3 aliphatic rings. The van der Waals surface area contributed by atoms with Gasteiger partial charge in [-0.3, -0.25) is 24.1 Å². The van der Waals surface area contributed by atoms with Crippen LogP contribution in [0, 0.1) is 11.8 Å². The first-order chi connectivity index (χ1) is 21.4. The summed E-state index contributed by atoms with van der Waals surface area (Å²) in [5.41, 5.74) is 0.181. The smallest absolute Gasteiger partial charge is 0.269 e. The van der Waals surface area contributed by atoms with Gasteiger partial charge in [-0.1, -0.05) is 63.2 Å². The van der Waals surface area contributed by atoms with Gasteiger partial charge < -0.3 is 30.3 Å². The van der Waals surface area contributed by atoms with Crippen LogP contribution in [0.5, 0.6) is 0 Å². The van der Waals surface area contributed by atoms with Crippen LogP contribution in [0.1, 0.15) is 59.4 Å². The molecule has 0 radical (unpaired) electrons. The van der Waals surface area contributed by atoms with Crippen LogP contribution in [-0.2, 0) is 39.9 Å². The van der Waals surface area contributed by atoms with Crippen molar-refractivity contribution in [3.63, 3.8) is 0 Å². The lowest BCUT2D eigenvalue weighted by molar-refractivity contribution is -0.134. The molecule has 12 nitrogen and oxygen atoms in total. The monoisotopic (exact) mass is 627 g/mol. The lowest BCUT2D eigenvalue weighted by Gasteiger charge is -2.28. The summed E-state index contributed by atoms with van der Waals surface area (Å²) < 4.78 is 10.8. The first-order valence-corrected chi connectivity index (χ1v) is 16.1. The number of benzene rings is 1. The Labute approximate surface area is 266 Å². The maximum absolute atomic E-state index is 13.7. The summed E-state index contributed by atoms with van der Waals surface area (Å²) >= 11 is 0. The van der Waals surface area contributed by atoms with Crippen molar-refractivity contribution in [3.05, 3.63) is 35.9 Å². The molecular formula is C33H49N5O7. The van der Waals surface area contributed by atoms with E-state index in [0.29, 0.717) is 45.6 Å². The summed E-state index contributed by atoms with van der Waals surface area (Å²) in [4.78, 5) is 61.7. The Balaban J connectivity index is 1.43. The average Bonchev–Trinajstić information content (AvgIpc) is 3.58. The summed E-state index contributed by atoms with van der Waals surface area (Å²) in [7, 11) is 0. The normalized spacial score (nSPS) is 23.4. The molecule has 3 heterocycles. The zero-order valence-electron chi connectivity index (χ0n) is 27.2. The Bertz CT molecular complexity index is 1210. The summed E-state index contributed by atoms with van der Waals surface area (Å²) in [5, 5.41) is 12.7. The van der Waals surface area contributed by atoms with Crippen LogP contribution in [0.2, 0.25) is 0 Å². The van der Waals surface area contributed by atoms with Gasteiger partial charge in [0.15, 0.2) is 5.78 Å². The molecule has 0 bridgehead atoms. The molecule has 2 saturated heterocycles. The van der Waals surface area contributed by atoms with Gasteiger partial charge in [-0.15, -0.1) is 0 Å². The van der Waals surface area contributed by atoms with Crippen molar-refractivity contribution < 1.29 is 33.5 Å². The number of hydrogen-bond acceptors (Lipinski definition) is 9. The second-order valence-electron chi connectivity index (χ2n) is 13.4. The summed E-state index contributed by atoms with van der Waals surface area (Å²) in [6.45, 7) is 13.5. The molecule has 3 N–H and O–H groups in total. The van der Waals surface area contributed by atoms with Crippen molar-refractivity contribution in [3.8, 4) is 0 Å². The molecule has 248 valence electrons. The molecule has 45 heavy (non-hydrogen) atoms. The predicted octanol–water partition coefficient (Wildman–Crippen LogP) is 1.61. The highest BCUT2D eigenvalue weighted by Gasteiger charge is 2.50. The van der Waals surface area contributed by atoms with Gasteiger partial charge in [0, 0.05) is 32.5 Å². The van der Waals surface area contributed by atoms with Crippen LogP contribution in [-0.4, -0.2) is 103 Å². The quantitative estimate of drug-likeness (QED) is 0.234. The number of hydrogen-bond donors (Lipinski definition) is 3. The van der Waals surface area contributed by atoms with E-state index in [9.17, 15) is 19.2 Å². The first kappa shape index (κ1) is 34.5. The number of nitrogens with zero attached hydrogens (tertiary/aromatic N) is 2. The van der Waals surface area contributed by atoms with Gasteiger partial charge in [-0.25, -0.2) is 0 Å². The SMILES string of the molecule is CC(C)C[C@H](NC(=O)C1=NOC(CN2CCOCC2)C1)C(=O)NC(Cc1ccccc1)C(=O)N[C@@H](CC(C)C)C(=O)C1(C)CO1. The second-order valence-corrected chi connectivity index (χ2v) is 13.4. The van der Waals surface area contributed by atoms with Crippen molar-refractivity contribution in [2.45, 2.75) is 90.1 Å². The van der Waals surface area contributed by atoms with Gasteiger partial charge in [0.05, 0.1) is 25.9 Å². The molecule has 3 aliphatic heterocycles. The minimum absolute atomic E-state index is 0.0746. The molecule has 2 fully saturated rings. The van der Waals surface area contributed by atoms with Crippen LogP contribution in [0.15, 0.2) is 35.5 Å². The Morgan fingerprint density at radius 1 is 0.911 bits per heavy atom. The molecule has 3 unspecified atom stereocenters. The zero-order chi connectivity index (χ0) is 32.6. The lowest BCUT2D eigenvalue weighted by Crippen LogP contribution is -2.58. The molecule has 5 atom stereocenters. The number of Topliss-reactive ketones (excluding diaryl/α,β-unsaturated/α-hetero) is 1. The first-order valence-electron chi connectivity index (χ1n) is 16.1. The van der Waals surface area contributed by atoms with E-state index in [-0.39, 0.29) is 35.9 Å². The molecule has 0 aliphatic carbocycles. The fraction of sp³-hybridized carbons (Fsp3) is 0.667. The van der Waals surface area contributed by atoms with Crippen LogP contribution in [0.4, 0.5) is 0 Å². The number of nitrogens with one attached hydrogen (secondary N) is 3. The van der Waals surface area contributed by atoms with Crippen molar-refractivity contribution in [1.29, 1.82) is 0 Å². The number of epoxide rings is 1. The Kier molecular flexibility index (Phi) is 12.1. The summed E-state index contributed by atoms with van der Waals surface area (Å²) in [5.74, 6) is -1.38. The van der Waals surface area contributed by atoms with E-state index < -0.39 is 41.4 Å². The Hall–Kier alpha value is -3.35. The summed E-state index contributed by atoms with van der Waals surface area (Å²) in [6.07, 6.45) is 1.10. The third-order valence-electron chi connectivity index (χ3n) is 8.24. The van der Waals surface area contributed by atoms with E-state index in [1.807, 2.05) is 58.0 Å². The minimum Gasteiger partial charge on any atom is -0.390 e. The Morgan fingerprint density at radius 3 is 2.13 bits per heavy atom. The maximum atomic E-state index is 13.7. The van der Waals surface area contributed by atoms with Crippen LogP contribution >= 0.6 is 0 Å². The number of ether oxygens (including phenoxy) is 2. The van der Waals surface area contributed by atoms with Gasteiger partial charge in [0.2, 0.25) is 11.8 Å². The largest absolute Gasteiger partial charge is 0.390 e. The number of ketones is 1. The van der Waals surface area contributed by atoms with Crippen LogP contribution < -0.4 is 16.0 Å². The van der Waals surface area contributed by atoms with E-state index in [2.05, 4.69) is 26.0 Å². The van der Waals surface area contributed by atoms with Crippen molar-refractivity contribution >= 4 is 29.2 Å². The van der Waals surface area contributed by atoms with E-state index in [4.69, 9.17) is 14.3 Å². The van der Waals surface area contributed by atoms with Gasteiger partial charge in [-0.2, -0.15) is 0 Å². The molecule has 3 amide bonds. The molecule has 1 aromatic rings. The van der Waals surface area contributed by atoms with Gasteiger partial charge in [0.1, 0.15) is 29.5 Å². The lowest BCUT2D eigenvalue weighted by atomic mass is 9.93. The van der Waals surface area contributed by atoms with Crippen molar-refractivity contribution in [2.75, 3.05) is 39.5 Å². The van der Waals surface area contributed by atoms with Crippen LogP contribution in [0.3, 0.4) is 0 Å². The number of morpholine rings is 1. The van der Waals surface area contributed by atoms with Gasteiger partial charge in [-0.05, 0) is 37.2 Å². The van der Waals surface area contributed by atoms with E-state index in [1.54, 1.807) is 6.92 Å². The molecule has 0 spiro atoms. The molecule has 12 heteroatoms. The predicted molar refractivity (Wildman–Crippen MR) is 168 cm³/mol. The fourth-order valence-corrected chi connectivity index (χ4v) is 5.60. The standard InChI is InChI=1S/C33H49N5O7/c1-21(2)15-25(29(39)33(5)20-44-33)34-31(41)27(17-23-9-7-6-8-10-23)36-30(40)26(16-22(3)4)35-32(42)28-18-24(45-37-28)19-38-11-13-43-14-12-38/h6-10,21-22,24-27H,11-20H2,1-5H3,(H,34,41)(H,35,42)(H,36,40)/t24?,25-,26-,27?,33?/m0/s1.